The molecule has 1 aliphatic rings. The lowest BCUT2D eigenvalue weighted by Crippen LogP contribution is -2.30. The second kappa shape index (κ2) is 6.69. The van der Waals surface area contributed by atoms with E-state index in [4.69, 9.17) is 17.0 Å². The van der Waals surface area contributed by atoms with Gasteiger partial charge in [-0.15, -0.1) is 0 Å². The summed E-state index contributed by atoms with van der Waals surface area (Å²) in [5.74, 6) is 0.162. The molecule has 7 heteroatoms. The molecule has 0 unspecified atom stereocenters. The number of fused-ring (bicyclic) bond motifs is 1. The molecule has 0 atom stereocenters. The van der Waals surface area contributed by atoms with Crippen LogP contribution < -0.4 is 15.3 Å². The first-order valence-electron chi connectivity index (χ1n) is 8.17. The van der Waals surface area contributed by atoms with Crippen molar-refractivity contribution in [3.63, 3.8) is 0 Å². The first kappa shape index (κ1) is 17.0. The zero-order chi connectivity index (χ0) is 19.0. The van der Waals surface area contributed by atoms with Gasteiger partial charge in [-0.25, -0.2) is 4.99 Å². The molecule has 1 aromatic heterocycles. The number of benzene rings is 2. The maximum atomic E-state index is 12.4. The predicted octanol–water partition coefficient (Wildman–Crippen LogP) is 2.27. The molecular formula is C20H15N3O3S. The number of imidazole rings is 1. The largest absolute Gasteiger partial charge is 0.497 e. The number of hydrogen-bond donors (Lipinski definition) is 2. The molecule has 27 heavy (non-hydrogen) atoms. The first-order valence-corrected chi connectivity index (χ1v) is 8.57. The maximum absolute atomic E-state index is 12.4. The number of hydrogen-bond acceptors (Lipinski definition) is 4. The lowest BCUT2D eigenvalue weighted by molar-refractivity contribution is -0.114. The number of ether oxygens (including phenoxy) is 1. The molecule has 0 bridgehead atoms. The number of aromatic amines is 1. The van der Waals surface area contributed by atoms with Gasteiger partial charge in [0.1, 0.15) is 11.4 Å². The van der Waals surface area contributed by atoms with Gasteiger partial charge in [0.05, 0.1) is 18.2 Å². The van der Waals surface area contributed by atoms with Crippen molar-refractivity contribution in [3.8, 4) is 17.3 Å². The van der Waals surface area contributed by atoms with Crippen molar-refractivity contribution in [1.29, 1.82) is 0 Å². The topological polar surface area (TPSA) is 79.6 Å². The van der Waals surface area contributed by atoms with E-state index in [1.54, 1.807) is 31.4 Å². The SMILES string of the molecule is COc1ccc2c(c1)=NC(=O)C(=Cc1[nH]c(=S)n(-c3ccccc3)c1O)C=2. The van der Waals surface area contributed by atoms with Gasteiger partial charge in [0.2, 0.25) is 5.88 Å². The fourth-order valence-electron chi connectivity index (χ4n) is 2.89. The third-order valence-electron chi connectivity index (χ3n) is 4.23. The number of carbonyl (C=O) groups is 1. The van der Waals surface area contributed by atoms with E-state index in [1.807, 2.05) is 36.4 Å². The Kier molecular flexibility index (Phi) is 4.21. The summed E-state index contributed by atoms with van der Waals surface area (Å²) in [5, 5.41) is 11.9. The molecule has 0 spiro atoms. The van der Waals surface area contributed by atoms with E-state index in [-0.39, 0.29) is 5.88 Å². The Hall–Kier alpha value is -3.45. The van der Waals surface area contributed by atoms with Crippen molar-refractivity contribution in [2.24, 2.45) is 4.99 Å². The van der Waals surface area contributed by atoms with E-state index in [9.17, 15) is 9.90 Å². The highest BCUT2D eigenvalue weighted by Crippen LogP contribution is 2.25. The molecule has 0 fully saturated rings. The lowest BCUT2D eigenvalue weighted by atomic mass is 10.1. The number of aromatic hydroxyl groups is 1. The summed E-state index contributed by atoms with van der Waals surface area (Å²) in [7, 11) is 1.56. The number of nitrogens with one attached hydrogen (secondary N) is 1. The molecule has 134 valence electrons. The van der Waals surface area contributed by atoms with E-state index in [2.05, 4.69) is 9.98 Å². The van der Waals surface area contributed by atoms with Gasteiger partial charge >= 0.3 is 0 Å². The highest BCUT2D eigenvalue weighted by molar-refractivity contribution is 7.71. The summed E-state index contributed by atoms with van der Waals surface area (Å²) >= 11 is 5.32. The molecular weight excluding hydrogens is 362 g/mol. The maximum Gasteiger partial charge on any atom is 0.277 e. The smallest absolute Gasteiger partial charge is 0.277 e. The average molecular weight is 377 g/mol. The quantitative estimate of drug-likeness (QED) is 0.542. The van der Waals surface area contributed by atoms with Gasteiger partial charge in [-0.1, -0.05) is 18.2 Å². The minimum absolute atomic E-state index is 0.0690. The Labute approximate surface area is 159 Å². The van der Waals surface area contributed by atoms with Crippen LogP contribution >= 0.6 is 12.2 Å². The third-order valence-corrected chi connectivity index (χ3v) is 4.51. The Morgan fingerprint density at radius 1 is 1.22 bits per heavy atom. The van der Waals surface area contributed by atoms with Crippen molar-refractivity contribution >= 4 is 30.3 Å². The number of carbonyl (C=O) groups excluding carboxylic acids is 1. The van der Waals surface area contributed by atoms with Crippen LogP contribution in [0.2, 0.25) is 0 Å². The molecule has 4 rings (SSSR count). The minimum atomic E-state index is -0.401. The van der Waals surface area contributed by atoms with Crippen molar-refractivity contribution in [2.75, 3.05) is 7.11 Å². The minimum Gasteiger partial charge on any atom is -0.497 e. The number of nitrogens with zero attached hydrogens (tertiary/aromatic N) is 2. The Morgan fingerprint density at radius 3 is 2.74 bits per heavy atom. The second-order valence-electron chi connectivity index (χ2n) is 5.92. The third kappa shape index (κ3) is 3.09. The number of methoxy groups -OCH3 is 1. The zero-order valence-electron chi connectivity index (χ0n) is 14.3. The molecule has 3 aromatic rings. The first-order chi connectivity index (χ1) is 13.1. The van der Waals surface area contributed by atoms with Gasteiger partial charge in [-0.2, -0.15) is 0 Å². The van der Waals surface area contributed by atoms with Crippen molar-refractivity contribution < 1.29 is 14.6 Å². The number of amides is 1. The number of aromatic nitrogens is 2. The molecule has 2 N–H and O–H groups in total. The van der Waals surface area contributed by atoms with Crippen LogP contribution in [0.15, 0.2) is 59.1 Å². The highest BCUT2D eigenvalue weighted by Gasteiger charge is 2.15. The molecule has 6 nitrogen and oxygen atoms in total. The molecule has 1 amide bonds. The van der Waals surface area contributed by atoms with Crippen molar-refractivity contribution in [2.45, 2.75) is 0 Å². The van der Waals surface area contributed by atoms with Gasteiger partial charge in [-0.05, 0) is 48.6 Å². The number of para-hydroxylation sites is 1. The summed E-state index contributed by atoms with van der Waals surface area (Å²) < 4.78 is 6.99. The molecule has 2 aromatic carbocycles. The Balaban J connectivity index is 1.82. The van der Waals surface area contributed by atoms with Crippen LogP contribution in [0.3, 0.4) is 0 Å². The summed E-state index contributed by atoms with van der Waals surface area (Å²) in [4.78, 5) is 19.4. The van der Waals surface area contributed by atoms with Crippen LogP contribution in [0.4, 0.5) is 0 Å². The van der Waals surface area contributed by atoms with Gasteiger partial charge in [0.25, 0.3) is 5.91 Å². The number of H-pyrrole nitrogens is 1. The van der Waals surface area contributed by atoms with E-state index >= 15 is 0 Å². The molecule has 0 aliphatic carbocycles. The average Bonchev–Trinajstić information content (AvgIpc) is 2.96. The summed E-state index contributed by atoms with van der Waals surface area (Å²) in [6, 6.07) is 14.6. The molecule has 0 saturated carbocycles. The second-order valence-corrected chi connectivity index (χ2v) is 6.31. The summed E-state index contributed by atoms with van der Waals surface area (Å²) in [6.45, 7) is 0. The normalized spacial score (nSPS) is 14.4. The van der Waals surface area contributed by atoms with Gasteiger partial charge in [0, 0.05) is 16.9 Å². The fraction of sp³-hybridized carbons (Fsp3) is 0.0500. The van der Waals surface area contributed by atoms with Crippen molar-refractivity contribution in [1.82, 2.24) is 9.55 Å². The molecule has 0 radical (unpaired) electrons. The molecule has 2 heterocycles. The number of rotatable bonds is 3. The zero-order valence-corrected chi connectivity index (χ0v) is 15.2. The van der Waals surface area contributed by atoms with E-state index in [0.29, 0.717) is 27.1 Å². The van der Waals surface area contributed by atoms with Gasteiger partial charge in [0.15, 0.2) is 4.77 Å². The van der Waals surface area contributed by atoms with Crippen LogP contribution in [0.5, 0.6) is 11.6 Å². The molecule has 0 saturated heterocycles. The van der Waals surface area contributed by atoms with E-state index < -0.39 is 5.91 Å². The summed E-state index contributed by atoms with van der Waals surface area (Å²) in [6.07, 6.45) is 3.27. The standard InChI is InChI=1S/C20H15N3O3S/c1-26-15-8-7-12-9-13(18(24)21-16(12)11-15)10-17-19(25)23(20(27)22-17)14-5-3-2-4-6-14/h2-11,25H,1H3,(H,22,27). The van der Waals surface area contributed by atoms with Crippen LogP contribution in [-0.2, 0) is 4.79 Å². The Morgan fingerprint density at radius 2 is 2.00 bits per heavy atom. The lowest BCUT2D eigenvalue weighted by Gasteiger charge is -2.05. The molecule has 1 aliphatic heterocycles. The van der Waals surface area contributed by atoms with E-state index in [1.165, 1.54) is 4.57 Å². The van der Waals surface area contributed by atoms with Gasteiger partial charge in [-0.3, -0.25) is 9.36 Å². The predicted molar refractivity (Wildman–Crippen MR) is 104 cm³/mol. The Bertz CT molecular complexity index is 1250. The fourth-order valence-corrected chi connectivity index (χ4v) is 3.19. The summed E-state index contributed by atoms with van der Waals surface area (Å²) in [5.41, 5.74) is 1.41. The van der Waals surface area contributed by atoms with Crippen molar-refractivity contribution in [3.05, 3.63) is 75.1 Å². The van der Waals surface area contributed by atoms with Crippen LogP contribution in [0.25, 0.3) is 17.8 Å². The van der Waals surface area contributed by atoms with E-state index in [0.717, 1.165) is 10.9 Å². The van der Waals surface area contributed by atoms with Gasteiger partial charge < -0.3 is 14.8 Å². The van der Waals surface area contributed by atoms with Crippen LogP contribution in [0, 0.1) is 4.77 Å². The monoisotopic (exact) mass is 377 g/mol. The van der Waals surface area contributed by atoms with Crippen LogP contribution in [0.1, 0.15) is 5.69 Å². The highest BCUT2D eigenvalue weighted by atomic mass is 32.1. The van der Waals surface area contributed by atoms with Crippen LogP contribution in [-0.4, -0.2) is 27.7 Å².